The summed E-state index contributed by atoms with van der Waals surface area (Å²) < 4.78 is 0. The fraction of sp³-hybridized carbons (Fsp3) is 0.375. The van der Waals surface area contributed by atoms with Crippen molar-refractivity contribution in [3.63, 3.8) is 0 Å². The van der Waals surface area contributed by atoms with E-state index >= 15 is 0 Å². The third-order valence-corrected chi connectivity index (χ3v) is 5.36. The van der Waals surface area contributed by atoms with Crippen molar-refractivity contribution < 1.29 is 5.11 Å². The van der Waals surface area contributed by atoms with Crippen molar-refractivity contribution in [2.24, 2.45) is 5.92 Å². The highest BCUT2D eigenvalue weighted by Gasteiger charge is 2.35. The first-order chi connectivity index (χ1) is 9.34. The Morgan fingerprint density at radius 3 is 3.11 bits per heavy atom. The monoisotopic (exact) mass is 271 g/mol. The predicted octanol–water partition coefficient (Wildman–Crippen LogP) is 3.87. The zero-order valence-corrected chi connectivity index (χ0v) is 11.5. The maximum Gasteiger partial charge on any atom is 0.123 e. The SMILES string of the molecule is OC1=CC2=C3C1=CCC[C@H]3CCN[C@@H]2c1cccs1. The Bertz CT molecular complexity index is 594. The molecule has 2 aliphatic carbocycles. The molecule has 0 saturated heterocycles. The molecule has 1 aliphatic heterocycles. The van der Waals surface area contributed by atoms with Crippen LogP contribution in [0.2, 0.25) is 0 Å². The average molecular weight is 271 g/mol. The molecule has 3 aliphatic rings. The molecule has 1 aromatic rings. The number of aliphatic hydroxyl groups excluding tert-OH is 1. The summed E-state index contributed by atoms with van der Waals surface area (Å²) in [6, 6.07) is 4.54. The van der Waals surface area contributed by atoms with Crippen LogP contribution < -0.4 is 5.32 Å². The molecule has 0 saturated carbocycles. The topological polar surface area (TPSA) is 32.3 Å². The van der Waals surface area contributed by atoms with Gasteiger partial charge in [0.05, 0.1) is 6.04 Å². The molecule has 98 valence electrons. The average Bonchev–Trinajstić information content (AvgIpc) is 3.00. The zero-order valence-electron chi connectivity index (χ0n) is 10.7. The first kappa shape index (κ1) is 11.5. The Kier molecular flexibility index (Phi) is 2.64. The molecule has 1 aromatic heterocycles. The summed E-state index contributed by atoms with van der Waals surface area (Å²) >= 11 is 1.79. The van der Waals surface area contributed by atoms with Crippen LogP contribution in [-0.2, 0) is 0 Å². The molecule has 0 unspecified atom stereocenters. The standard InChI is InChI=1S/C16H17NOS/c18-13-9-12-15-10(3-1-4-11(13)15)6-7-17-16(12)14-5-2-8-19-14/h2,4-5,8-10,16-18H,1,3,6-7H2/t10-,16-/m0/s1. The Morgan fingerprint density at radius 1 is 1.32 bits per heavy atom. The molecule has 3 heteroatoms. The van der Waals surface area contributed by atoms with E-state index in [0.717, 1.165) is 18.5 Å². The Balaban J connectivity index is 1.87. The van der Waals surface area contributed by atoms with E-state index < -0.39 is 0 Å². The number of nitrogens with one attached hydrogen (secondary N) is 1. The summed E-state index contributed by atoms with van der Waals surface area (Å²) in [5, 5.41) is 16.0. The number of thiophene rings is 1. The molecule has 0 amide bonds. The minimum absolute atomic E-state index is 0.256. The summed E-state index contributed by atoms with van der Waals surface area (Å²) in [6.07, 6.45) is 7.70. The van der Waals surface area contributed by atoms with E-state index in [1.807, 2.05) is 6.08 Å². The van der Waals surface area contributed by atoms with Gasteiger partial charge < -0.3 is 10.4 Å². The second kappa shape index (κ2) is 4.36. The van der Waals surface area contributed by atoms with Gasteiger partial charge in [-0.3, -0.25) is 0 Å². The van der Waals surface area contributed by atoms with Crippen LogP contribution >= 0.6 is 11.3 Å². The molecular formula is C16H17NOS. The van der Waals surface area contributed by atoms with E-state index in [9.17, 15) is 5.11 Å². The quantitative estimate of drug-likeness (QED) is 0.812. The van der Waals surface area contributed by atoms with Gasteiger partial charge in [0, 0.05) is 10.5 Å². The van der Waals surface area contributed by atoms with Gasteiger partial charge in [-0.15, -0.1) is 11.3 Å². The van der Waals surface area contributed by atoms with Crippen LogP contribution in [0.3, 0.4) is 0 Å². The summed E-state index contributed by atoms with van der Waals surface area (Å²) in [5.74, 6) is 1.09. The highest BCUT2D eigenvalue weighted by molar-refractivity contribution is 7.10. The smallest absolute Gasteiger partial charge is 0.123 e. The van der Waals surface area contributed by atoms with Crippen molar-refractivity contribution in [2.75, 3.05) is 6.54 Å². The first-order valence-electron chi connectivity index (χ1n) is 6.97. The van der Waals surface area contributed by atoms with Crippen molar-refractivity contribution in [3.8, 4) is 0 Å². The number of hydrogen-bond donors (Lipinski definition) is 2. The first-order valence-corrected chi connectivity index (χ1v) is 7.85. The summed E-state index contributed by atoms with van der Waals surface area (Å²) in [5.41, 5.74) is 3.82. The van der Waals surface area contributed by atoms with E-state index in [2.05, 4.69) is 28.9 Å². The largest absolute Gasteiger partial charge is 0.507 e. The fourth-order valence-electron chi connectivity index (χ4n) is 3.59. The number of hydrogen-bond acceptors (Lipinski definition) is 3. The summed E-state index contributed by atoms with van der Waals surface area (Å²) in [6.45, 7) is 1.06. The van der Waals surface area contributed by atoms with E-state index in [4.69, 9.17) is 0 Å². The van der Waals surface area contributed by atoms with Crippen LogP contribution in [0, 0.1) is 5.92 Å². The lowest BCUT2D eigenvalue weighted by Gasteiger charge is -2.23. The molecule has 0 fully saturated rings. The molecule has 4 rings (SSSR count). The number of aliphatic hydroxyl groups is 1. The molecule has 0 aromatic carbocycles. The number of allylic oxidation sites excluding steroid dienone is 2. The maximum absolute atomic E-state index is 10.2. The van der Waals surface area contributed by atoms with Gasteiger partial charge >= 0.3 is 0 Å². The van der Waals surface area contributed by atoms with Gasteiger partial charge in [0.2, 0.25) is 0 Å². The number of rotatable bonds is 1. The highest BCUT2D eigenvalue weighted by atomic mass is 32.1. The van der Waals surface area contributed by atoms with Crippen molar-refractivity contribution in [2.45, 2.75) is 25.3 Å². The van der Waals surface area contributed by atoms with Crippen LogP contribution in [0.4, 0.5) is 0 Å². The van der Waals surface area contributed by atoms with Crippen molar-refractivity contribution in [3.05, 3.63) is 57.0 Å². The van der Waals surface area contributed by atoms with Gasteiger partial charge in [-0.1, -0.05) is 12.1 Å². The molecule has 2 N–H and O–H groups in total. The molecule has 0 spiro atoms. The van der Waals surface area contributed by atoms with Crippen LogP contribution in [0.25, 0.3) is 0 Å². The van der Waals surface area contributed by atoms with Crippen molar-refractivity contribution in [1.29, 1.82) is 0 Å². The molecule has 2 heterocycles. The minimum atomic E-state index is 0.256. The van der Waals surface area contributed by atoms with Crippen LogP contribution in [-0.4, -0.2) is 11.7 Å². The fourth-order valence-corrected chi connectivity index (χ4v) is 4.41. The van der Waals surface area contributed by atoms with Crippen molar-refractivity contribution >= 4 is 11.3 Å². The molecule has 19 heavy (non-hydrogen) atoms. The minimum Gasteiger partial charge on any atom is -0.507 e. The lowest BCUT2D eigenvalue weighted by molar-refractivity contribution is 0.416. The summed E-state index contributed by atoms with van der Waals surface area (Å²) in [7, 11) is 0. The van der Waals surface area contributed by atoms with Crippen molar-refractivity contribution in [1.82, 2.24) is 5.32 Å². The second-order valence-corrected chi connectivity index (χ2v) is 6.46. The zero-order chi connectivity index (χ0) is 12.8. The lowest BCUT2D eigenvalue weighted by atomic mass is 9.81. The normalized spacial score (nSPS) is 29.7. The lowest BCUT2D eigenvalue weighted by Crippen LogP contribution is -2.21. The summed E-state index contributed by atoms with van der Waals surface area (Å²) in [4.78, 5) is 1.35. The predicted molar refractivity (Wildman–Crippen MR) is 78.2 cm³/mol. The van der Waals surface area contributed by atoms with E-state index in [1.165, 1.54) is 28.9 Å². The second-order valence-electron chi connectivity index (χ2n) is 5.48. The van der Waals surface area contributed by atoms with Gasteiger partial charge in [-0.05, 0) is 60.4 Å². The Labute approximate surface area is 117 Å². The molecule has 0 radical (unpaired) electrons. The van der Waals surface area contributed by atoms with Crippen LogP contribution in [0.1, 0.15) is 30.2 Å². The Hall–Kier alpha value is -1.32. The van der Waals surface area contributed by atoms with Crippen LogP contribution in [0.5, 0.6) is 0 Å². The highest BCUT2D eigenvalue weighted by Crippen LogP contribution is 2.47. The molecule has 2 atom stereocenters. The van der Waals surface area contributed by atoms with E-state index in [0.29, 0.717) is 11.7 Å². The van der Waals surface area contributed by atoms with E-state index in [-0.39, 0.29) is 6.04 Å². The molecule has 0 bridgehead atoms. The van der Waals surface area contributed by atoms with Gasteiger partial charge in [-0.25, -0.2) is 0 Å². The third-order valence-electron chi connectivity index (χ3n) is 4.42. The third kappa shape index (κ3) is 1.72. The van der Waals surface area contributed by atoms with Gasteiger partial charge in [0.15, 0.2) is 0 Å². The maximum atomic E-state index is 10.2. The Morgan fingerprint density at radius 2 is 2.26 bits per heavy atom. The van der Waals surface area contributed by atoms with Gasteiger partial charge in [0.1, 0.15) is 5.76 Å². The molecule has 2 nitrogen and oxygen atoms in total. The van der Waals surface area contributed by atoms with Gasteiger partial charge in [-0.2, -0.15) is 0 Å². The van der Waals surface area contributed by atoms with Crippen LogP contribution in [0.15, 0.2) is 52.1 Å². The van der Waals surface area contributed by atoms with Gasteiger partial charge in [0.25, 0.3) is 0 Å². The van der Waals surface area contributed by atoms with E-state index in [1.54, 1.807) is 11.3 Å². The molecular weight excluding hydrogens is 254 g/mol.